The predicted octanol–water partition coefficient (Wildman–Crippen LogP) is -2.84. The summed E-state index contributed by atoms with van der Waals surface area (Å²) in [4.78, 5) is 47.7. The van der Waals surface area contributed by atoms with Crippen LogP contribution in [-0.4, -0.2) is 45.5 Å². The zero-order valence-electron chi connectivity index (χ0n) is 10.5. The van der Waals surface area contributed by atoms with E-state index in [1.165, 1.54) is 17.9 Å². The predicted molar refractivity (Wildman–Crippen MR) is 70.0 cm³/mol. The van der Waals surface area contributed by atoms with Crippen LogP contribution in [0.25, 0.3) is 11.2 Å². The molecule has 0 atom stereocenters. The summed E-state index contributed by atoms with van der Waals surface area (Å²) in [5.41, 5.74) is -0.679. The Balaban J connectivity index is 0.000000861. The van der Waals surface area contributed by atoms with Gasteiger partial charge in [-0.3, -0.25) is 18.7 Å². The lowest BCUT2D eigenvalue weighted by Crippen LogP contribution is -2.39. The minimum absolute atomic E-state index is 0.157. The van der Waals surface area contributed by atoms with Gasteiger partial charge in [0.15, 0.2) is 5.65 Å². The third kappa shape index (κ3) is 2.80. The minimum Gasteiger partial charge on any atom is -0.481 e. The summed E-state index contributed by atoms with van der Waals surface area (Å²) >= 11 is 0. The molecule has 2 aromatic heterocycles. The van der Waals surface area contributed by atoms with Gasteiger partial charge in [0, 0.05) is 13.6 Å². The largest absolute Gasteiger partial charge is 0.481 e. The fourth-order valence-electron chi connectivity index (χ4n) is 1.60. The average molecular weight is 286 g/mol. The molecular weight excluding hydrogens is 272 g/mol. The molecule has 19 heavy (non-hydrogen) atoms. The van der Waals surface area contributed by atoms with Crippen LogP contribution in [0.2, 0.25) is 0 Å². The van der Waals surface area contributed by atoms with Crippen LogP contribution in [0.15, 0.2) is 15.9 Å². The summed E-state index contributed by atoms with van der Waals surface area (Å²) in [7, 11) is 1.78. The summed E-state index contributed by atoms with van der Waals surface area (Å²) in [5, 5.41) is 8.55. The van der Waals surface area contributed by atoms with Crippen molar-refractivity contribution < 1.29 is 14.7 Å². The van der Waals surface area contributed by atoms with E-state index in [2.05, 4.69) is 9.97 Å². The van der Waals surface area contributed by atoms with Gasteiger partial charge in [0.2, 0.25) is 0 Å². The monoisotopic (exact) mass is 286 g/mol. The molecule has 0 saturated heterocycles. The fraction of sp³-hybridized carbons (Fsp3) is 0.333. The van der Waals surface area contributed by atoms with Crippen LogP contribution in [0.4, 0.5) is 0 Å². The molecule has 0 aromatic carbocycles. The van der Waals surface area contributed by atoms with Crippen LogP contribution in [0.1, 0.15) is 6.42 Å². The maximum atomic E-state index is 11.9. The summed E-state index contributed by atoms with van der Waals surface area (Å²) in [6.45, 7) is -0.157. The van der Waals surface area contributed by atoms with Crippen molar-refractivity contribution >= 4 is 27.6 Å². The van der Waals surface area contributed by atoms with Gasteiger partial charge in [-0.15, -0.1) is 0 Å². The molecule has 0 aliphatic rings. The quantitative estimate of drug-likeness (QED) is 0.521. The number of carboxylic acid groups (broad SMARTS) is 1. The lowest BCUT2D eigenvalue weighted by molar-refractivity contribution is -0.137. The van der Waals surface area contributed by atoms with Crippen molar-refractivity contribution in [3.05, 3.63) is 27.2 Å². The van der Waals surface area contributed by atoms with Crippen molar-refractivity contribution in [2.24, 2.45) is 7.05 Å². The molecule has 2 heterocycles. The van der Waals surface area contributed by atoms with Gasteiger partial charge < -0.3 is 14.9 Å². The molecule has 2 aromatic rings. The molecule has 0 aliphatic carbocycles. The summed E-state index contributed by atoms with van der Waals surface area (Å²) in [6, 6.07) is 0. The van der Waals surface area contributed by atoms with Gasteiger partial charge in [-0.25, -0.2) is 9.78 Å². The molecular formula is C9H14N4O5Si. The highest BCUT2D eigenvalue weighted by molar-refractivity contribution is 5.95. The zero-order valence-corrected chi connectivity index (χ0v) is 12.5. The van der Waals surface area contributed by atoms with E-state index in [4.69, 9.17) is 9.90 Å². The summed E-state index contributed by atoms with van der Waals surface area (Å²) in [6.07, 6.45) is 1.03. The number of hydrogen-bond acceptors (Lipinski definition) is 5. The standard InChI is InChI=1S/C9H10N4O4.H4OSi/c1-12-7-6(10-4-11-7)8(16)13(9(12)17)3-2-5(14)15;1-2/h4H,2-3H2,1H3,(H,10,11)(H,14,15);1H,2H3. The number of H-pyrrole nitrogens is 1. The van der Waals surface area contributed by atoms with Crippen molar-refractivity contribution in [2.45, 2.75) is 13.0 Å². The molecule has 0 aliphatic heterocycles. The first-order valence-electron chi connectivity index (χ1n) is 5.32. The van der Waals surface area contributed by atoms with E-state index in [0.29, 0.717) is 10.5 Å². The number of aryl methyl sites for hydroxylation is 1. The molecule has 9 nitrogen and oxygen atoms in total. The van der Waals surface area contributed by atoms with Crippen molar-refractivity contribution in [2.75, 3.05) is 0 Å². The number of aliphatic carboxylic acids is 1. The Hall–Kier alpha value is -2.20. The number of fused-ring (bicyclic) bond motifs is 1. The Bertz CT molecular complexity index is 701. The molecule has 0 amide bonds. The van der Waals surface area contributed by atoms with Gasteiger partial charge in [0.1, 0.15) is 16.0 Å². The van der Waals surface area contributed by atoms with Gasteiger partial charge in [-0.1, -0.05) is 0 Å². The highest BCUT2D eigenvalue weighted by Crippen LogP contribution is 1.99. The van der Waals surface area contributed by atoms with Crippen molar-refractivity contribution in [3.63, 3.8) is 0 Å². The van der Waals surface area contributed by atoms with Crippen molar-refractivity contribution in [1.29, 1.82) is 0 Å². The van der Waals surface area contributed by atoms with E-state index in [1.807, 2.05) is 0 Å². The van der Waals surface area contributed by atoms with Crippen LogP contribution in [0, 0.1) is 0 Å². The second-order valence-corrected chi connectivity index (χ2v) is 3.54. The SMILES string of the molecule is Cn1c(=O)n(CCC(=O)O)c(=O)c2[nH]cnc21.O[SiH3]. The molecule has 0 radical (unpaired) electrons. The minimum atomic E-state index is -1.07. The van der Waals surface area contributed by atoms with E-state index < -0.39 is 17.2 Å². The first-order chi connectivity index (χ1) is 9.02. The summed E-state index contributed by atoms with van der Waals surface area (Å²) in [5.74, 6) is -1.07. The average Bonchev–Trinajstić information content (AvgIpc) is 2.88. The third-order valence-electron chi connectivity index (χ3n) is 2.46. The van der Waals surface area contributed by atoms with Crippen LogP contribution in [0.5, 0.6) is 0 Å². The van der Waals surface area contributed by atoms with Gasteiger partial charge in [-0.2, -0.15) is 0 Å². The highest BCUT2D eigenvalue weighted by atomic mass is 28.2. The van der Waals surface area contributed by atoms with Crippen LogP contribution in [-0.2, 0) is 18.4 Å². The molecule has 0 unspecified atom stereocenters. The normalized spacial score (nSPS) is 10.2. The lowest BCUT2D eigenvalue weighted by atomic mass is 10.4. The maximum absolute atomic E-state index is 11.9. The first-order valence-corrected chi connectivity index (χ1v) is 6.21. The number of rotatable bonds is 3. The lowest BCUT2D eigenvalue weighted by Gasteiger charge is -2.05. The smallest absolute Gasteiger partial charge is 0.332 e. The van der Waals surface area contributed by atoms with Gasteiger partial charge in [0.25, 0.3) is 5.56 Å². The Morgan fingerprint density at radius 1 is 1.47 bits per heavy atom. The molecule has 3 N–H and O–H groups in total. The first kappa shape index (κ1) is 14.9. The van der Waals surface area contributed by atoms with E-state index in [0.717, 1.165) is 4.57 Å². The zero-order chi connectivity index (χ0) is 14.6. The summed E-state index contributed by atoms with van der Waals surface area (Å²) < 4.78 is 2.09. The Labute approximate surface area is 109 Å². The molecule has 10 heteroatoms. The maximum Gasteiger partial charge on any atom is 0.332 e. The van der Waals surface area contributed by atoms with E-state index in [9.17, 15) is 14.4 Å². The van der Waals surface area contributed by atoms with Crippen molar-refractivity contribution in [3.8, 4) is 0 Å². The van der Waals surface area contributed by atoms with E-state index in [1.54, 1.807) is 0 Å². The van der Waals surface area contributed by atoms with Crippen LogP contribution >= 0.6 is 0 Å². The number of aromatic nitrogens is 4. The number of carbonyl (C=O) groups is 1. The number of carboxylic acids is 1. The van der Waals surface area contributed by atoms with Gasteiger partial charge in [-0.05, 0) is 0 Å². The third-order valence-corrected chi connectivity index (χ3v) is 2.46. The molecule has 0 spiro atoms. The van der Waals surface area contributed by atoms with Gasteiger partial charge >= 0.3 is 11.7 Å². The topological polar surface area (TPSA) is 130 Å². The van der Waals surface area contributed by atoms with Crippen LogP contribution in [0.3, 0.4) is 0 Å². The van der Waals surface area contributed by atoms with Crippen molar-refractivity contribution in [1.82, 2.24) is 19.1 Å². The number of nitrogens with one attached hydrogen (secondary N) is 1. The van der Waals surface area contributed by atoms with Crippen LogP contribution < -0.4 is 11.2 Å². The second kappa shape index (κ2) is 6.11. The molecule has 0 saturated carbocycles. The molecule has 2 rings (SSSR count). The Kier molecular flexibility index (Phi) is 4.78. The number of hydrogen-bond donors (Lipinski definition) is 3. The fourth-order valence-corrected chi connectivity index (χ4v) is 1.60. The Morgan fingerprint density at radius 2 is 2.11 bits per heavy atom. The van der Waals surface area contributed by atoms with E-state index in [-0.39, 0.29) is 24.1 Å². The van der Waals surface area contributed by atoms with E-state index >= 15 is 0 Å². The highest BCUT2D eigenvalue weighted by Gasteiger charge is 2.13. The van der Waals surface area contributed by atoms with Gasteiger partial charge in [0.05, 0.1) is 12.7 Å². The number of aromatic amines is 1. The molecule has 0 fully saturated rings. The number of nitrogens with zero attached hydrogens (tertiary/aromatic N) is 3. The molecule has 0 bridgehead atoms. The Morgan fingerprint density at radius 3 is 2.68 bits per heavy atom. The molecule has 104 valence electrons. The number of imidazole rings is 1. The second-order valence-electron chi connectivity index (χ2n) is 3.54.